The summed E-state index contributed by atoms with van der Waals surface area (Å²) in [6, 6.07) is 2.80. The van der Waals surface area contributed by atoms with Crippen molar-refractivity contribution in [2.45, 2.75) is 43.8 Å². The molecule has 3 N–H and O–H groups in total. The molecule has 12 heteroatoms. The summed E-state index contributed by atoms with van der Waals surface area (Å²) in [5.74, 6) is -0.554. The van der Waals surface area contributed by atoms with Crippen LogP contribution in [0.2, 0.25) is 5.02 Å². The minimum absolute atomic E-state index is 0. The third kappa shape index (κ3) is 5.28. The number of piperidine rings is 1. The summed E-state index contributed by atoms with van der Waals surface area (Å²) in [6.07, 6.45) is 1.95. The lowest BCUT2D eigenvalue weighted by molar-refractivity contribution is -0.137. The van der Waals surface area contributed by atoms with E-state index >= 15 is 0 Å². The van der Waals surface area contributed by atoms with Gasteiger partial charge in [-0.25, -0.2) is 0 Å². The van der Waals surface area contributed by atoms with Crippen molar-refractivity contribution in [1.82, 2.24) is 15.1 Å². The molecular weight excluding hydrogens is 482 g/mol. The Bertz CT molecular complexity index is 1020. The highest BCUT2D eigenvalue weighted by Gasteiger charge is 2.47. The quantitative estimate of drug-likeness (QED) is 0.560. The highest BCUT2D eigenvalue weighted by molar-refractivity contribution is 6.33. The second-order valence-electron chi connectivity index (χ2n) is 8.22. The van der Waals surface area contributed by atoms with Gasteiger partial charge in [-0.05, 0) is 63.4 Å². The number of carbonyl (C=O) groups is 2. The van der Waals surface area contributed by atoms with Crippen LogP contribution in [0.1, 0.15) is 37.7 Å². The second kappa shape index (κ2) is 9.90. The van der Waals surface area contributed by atoms with E-state index in [0.29, 0.717) is 18.5 Å². The van der Waals surface area contributed by atoms with E-state index in [2.05, 4.69) is 21.0 Å². The van der Waals surface area contributed by atoms with Crippen LogP contribution in [0.3, 0.4) is 0 Å². The number of nitrogens with zero attached hydrogens (tertiary/aromatic N) is 2. The number of rotatable bonds is 5. The van der Waals surface area contributed by atoms with Gasteiger partial charge in [0.2, 0.25) is 5.91 Å². The summed E-state index contributed by atoms with van der Waals surface area (Å²) in [5, 5.41) is 12.8. The maximum absolute atomic E-state index is 13.1. The Labute approximate surface area is 199 Å². The second-order valence-corrected chi connectivity index (χ2v) is 8.63. The van der Waals surface area contributed by atoms with Crippen LogP contribution >= 0.6 is 24.0 Å². The lowest BCUT2D eigenvalue weighted by Gasteiger charge is -2.40. The van der Waals surface area contributed by atoms with Gasteiger partial charge in [0.15, 0.2) is 0 Å². The Morgan fingerprint density at radius 2 is 1.88 bits per heavy atom. The zero-order valence-electron chi connectivity index (χ0n) is 17.5. The first-order chi connectivity index (χ1) is 15.2. The molecule has 1 aromatic heterocycles. The van der Waals surface area contributed by atoms with Crippen LogP contribution in [-0.2, 0) is 21.3 Å². The van der Waals surface area contributed by atoms with Crippen molar-refractivity contribution in [3.63, 3.8) is 0 Å². The number of hydrogen-bond acceptors (Lipinski definition) is 4. The van der Waals surface area contributed by atoms with Gasteiger partial charge in [-0.15, -0.1) is 12.4 Å². The zero-order chi connectivity index (χ0) is 22.9. The summed E-state index contributed by atoms with van der Waals surface area (Å²) in [5.41, 5.74) is -1.27. The van der Waals surface area contributed by atoms with E-state index in [-0.39, 0.29) is 34.9 Å². The van der Waals surface area contributed by atoms with Gasteiger partial charge >= 0.3 is 6.18 Å². The molecule has 1 saturated heterocycles. The fraction of sp³-hybridized carbons (Fsp3) is 0.476. The predicted octanol–water partition coefficient (Wildman–Crippen LogP) is 4.43. The molecule has 2 aliphatic rings. The van der Waals surface area contributed by atoms with Crippen molar-refractivity contribution < 1.29 is 22.8 Å². The average molecular weight is 506 g/mol. The first-order valence-electron chi connectivity index (χ1n) is 10.4. The van der Waals surface area contributed by atoms with E-state index < -0.39 is 23.2 Å². The molecule has 1 aromatic carbocycles. The molecule has 0 radical (unpaired) electrons. The monoisotopic (exact) mass is 505 g/mol. The first kappa shape index (κ1) is 25.3. The number of carbonyl (C=O) groups excluding carboxylic acids is 2. The van der Waals surface area contributed by atoms with Crippen molar-refractivity contribution in [3.8, 4) is 0 Å². The number of benzene rings is 1. The third-order valence-corrected chi connectivity index (χ3v) is 6.46. The average Bonchev–Trinajstić information content (AvgIpc) is 3.17. The van der Waals surface area contributed by atoms with Crippen LogP contribution in [-0.4, -0.2) is 34.7 Å². The van der Waals surface area contributed by atoms with Crippen molar-refractivity contribution >= 4 is 47.2 Å². The van der Waals surface area contributed by atoms with Crippen LogP contribution < -0.4 is 16.0 Å². The van der Waals surface area contributed by atoms with Crippen molar-refractivity contribution in [3.05, 3.63) is 41.2 Å². The summed E-state index contributed by atoms with van der Waals surface area (Å²) in [4.78, 5) is 25.6. The number of aromatic nitrogens is 2. The topological polar surface area (TPSA) is 88.0 Å². The van der Waals surface area contributed by atoms with Gasteiger partial charge in [0.05, 0.1) is 28.2 Å². The Morgan fingerprint density at radius 1 is 1.18 bits per heavy atom. The molecule has 0 atom stereocenters. The first-order valence-corrected chi connectivity index (χ1v) is 10.8. The Kier molecular flexibility index (Phi) is 7.60. The zero-order valence-corrected chi connectivity index (χ0v) is 19.1. The Morgan fingerprint density at radius 3 is 2.45 bits per heavy atom. The van der Waals surface area contributed by atoms with Crippen LogP contribution in [0.5, 0.6) is 0 Å². The van der Waals surface area contributed by atoms with Crippen LogP contribution in [0.15, 0.2) is 30.6 Å². The number of alkyl halides is 3. The normalized spacial score (nSPS) is 18.1. The molecule has 7 nitrogen and oxygen atoms in total. The Hall–Kier alpha value is -2.30. The maximum Gasteiger partial charge on any atom is 0.416 e. The molecule has 1 aliphatic carbocycles. The molecule has 0 bridgehead atoms. The van der Waals surface area contributed by atoms with E-state index in [0.717, 1.165) is 50.6 Å². The molecule has 0 spiro atoms. The van der Waals surface area contributed by atoms with Crippen molar-refractivity contribution in [1.29, 1.82) is 0 Å². The van der Waals surface area contributed by atoms with E-state index in [1.807, 2.05) is 0 Å². The van der Waals surface area contributed by atoms with Crippen LogP contribution in [0.4, 0.5) is 24.5 Å². The highest BCUT2D eigenvalue weighted by Crippen LogP contribution is 2.41. The lowest BCUT2D eigenvalue weighted by Crippen LogP contribution is -2.51. The number of halogens is 5. The predicted molar refractivity (Wildman–Crippen MR) is 121 cm³/mol. The van der Waals surface area contributed by atoms with E-state index in [9.17, 15) is 22.8 Å². The molecule has 33 heavy (non-hydrogen) atoms. The number of anilines is 2. The lowest BCUT2D eigenvalue weighted by atomic mass is 9.76. The van der Waals surface area contributed by atoms with Gasteiger partial charge in [0, 0.05) is 12.1 Å². The standard InChI is InChI=1S/C21H23ClF3N5O2.ClH/c22-16-10-14(21(23,24)25)2-3-17(16)29-19(32)20(6-1-7-20)30-12-15(11-27-30)28-18(31)13-4-8-26-9-5-13;/h2-3,10-13,26H,1,4-9H2,(H,28,31)(H,29,32);1H. The SMILES string of the molecule is Cl.O=C(Nc1cnn(C2(C(=O)Nc3ccc(C(F)(F)F)cc3Cl)CCC2)c1)C1CCNCC1. The van der Waals surface area contributed by atoms with Crippen LogP contribution in [0.25, 0.3) is 0 Å². The number of hydrogen-bond donors (Lipinski definition) is 3. The summed E-state index contributed by atoms with van der Waals surface area (Å²) in [7, 11) is 0. The smallest absolute Gasteiger partial charge is 0.323 e. The molecule has 2 fully saturated rings. The van der Waals surface area contributed by atoms with Gasteiger partial charge in [-0.3, -0.25) is 14.3 Å². The minimum atomic E-state index is -4.52. The molecule has 180 valence electrons. The van der Waals surface area contributed by atoms with Crippen LogP contribution in [0, 0.1) is 5.92 Å². The van der Waals surface area contributed by atoms with Gasteiger partial charge < -0.3 is 16.0 Å². The molecule has 1 saturated carbocycles. The fourth-order valence-electron chi connectivity index (χ4n) is 4.05. The van der Waals surface area contributed by atoms with E-state index in [4.69, 9.17) is 11.6 Å². The van der Waals surface area contributed by atoms with Crippen molar-refractivity contribution in [2.75, 3.05) is 23.7 Å². The molecular formula is C21H24Cl2F3N5O2. The van der Waals surface area contributed by atoms with E-state index in [1.165, 1.54) is 10.9 Å². The third-order valence-electron chi connectivity index (χ3n) is 6.15. The summed E-state index contributed by atoms with van der Waals surface area (Å²) < 4.78 is 40.1. The number of amides is 2. The molecule has 2 heterocycles. The minimum Gasteiger partial charge on any atom is -0.323 e. The van der Waals surface area contributed by atoms with Gasteiger partial charge in [-0.1, -0.05) is 11.6 Å². The Balaban J connectivity index is 0.00000306. The number of nitrogens with one attached hydrogen (secondary N) is 3. The molecule has 0 unspecified atom stereocenters. The van der Waals surface area contributed by atoms with E-state index in [1.54, 1.807) is 6.20 Å². The maximum atomic E-state index is 13.1. The molecule has 1 aliphatic heterocycles. The molecule has 4 rings (SSSR count). The van der Waals surface area contributed by atoms with Crippen molar-refractivity contribution in [2.24, 2.45) is 5.92 Å². The summed E-state index contributed by atoms with van der Waals surface area (Å²) >= 11 is 5.98. The van der Waals surface area contributed by atoms with Gasteiger partial charge in [0.25, 0.3) is 5.91 Å². The van der Waals surface area contributed by atoms with Gasteiger partial charge in [0.1, 0.15) is 5.54 Å². The fourth-order valence-corrected chi connectivity index (χ4v) is 4.28. The highest BCUT2D eigenvalue weighted by atomic mass is 35.5. The molecule has 2 aromatic rings. The molecule has 2 amide bonds. The van der Waals surface area contributed by atoms with Gasteiger partial charge in [-0.2, -0.15) is 18.3 Å². The largest absolute Gasteiger partial charge is 0.416 e. The summed E-state index contributed by atoms with van der Waals surface area (Å²) in [6.45, 7) is 1.60.